The highest BCUT2D eigenvalue weighted by Crippen LogP contribution is 2.27. The predicted octanol–water partition coefficient (Wildman–Crippen LogP) is 6.44. The first kappa shape index (κ1) is 20.1. The predicted molar refractivity (Wildman–Crippen MR) is 128 cm³/mol. The maximum Gasteiger partial charge on any atom is 0.155 e. The maximum atomic E-state index is 4.78. The van der Waals surface area contributed by atoms with Gasteiger partial charge in [0.05, 0.1) is 18.3 Å². The Kier molecular flexibility index (Phi) is 6.08. The summed E-state index contributed by atoms with van der Waals surface area (Å²) in [4.78, 5) is 9.40. The van der Waals surface area contributed by atoms with E-state index in [0.29, 0.717) is 12.5 Å². The molecule has 0 aromatic heterocycles. The quantitative estimate of drug-likeness (QED) is 0.491. The van der Waals surface area contributed by atoms with Crippen molar-refractivity contribution in [3.63, 3.8) is 0 Å². The van der Waals surface area contributed by atoms with E-state index in [4.69, 9.17) is 4.99 Å². The second-order valence-corrected chi connectivity index (χ2v) is 8.38. The van der Waals surface area contributed by atoms with Crippen LogP contribution in [0.25, 0.3) is 0 Å². The lowest BCUT2D eigenvalue weighted by molar-refractivity contribution is 0.531. The molecular weight excluding hydrogens is 366 g/mol. The standard InChI is InChI=1S/C27H29N3/c1-19(2)17-25(29-24-15-9-20(3)10-16-24)21-11-13-22(14-12-21)26-18-28-27(30-26)23-7-5-4-6-8-23/h4-16,19,25,29H,17-18H2,1-3H3. The van der Waals surface area contributed by atoms with Gasteiger partial charge in [-0.1, -0.05) is 86.1 Å². The minimum absolute atomic E-state index is 0.281. The van der Waals surface area contributed by atoms with Crippen LogP contribution < -0.4 is 5.32 Å². The second kappa shape index (κ2) is 9.08. The molecule has 1 N–H and O–H groups in total. The Labute approximate surface area is 179 Å². The van der Waals surface area contributed by atoms with Crippen LogP contribution in [0, 0.1) is 12.8 Å². The molecule has 1 heterocycles. The van der Waals surface area contributed by atoms with E-state index in [1.165, 1.54) is 11.1 Å². The van der Waals surface area contributed by atoms with E-state index in [1.807, 2.05) is 18.2 Å². The molecule has 0 fully saturated rings. The Hall–Kier alpha value is -3.20. The summed E-state index contributed by atoms with van der Waals surface area (Å²) >= 11 is 0. The van der Waals surface area contributed by atoms with Crippen molar-refractivity contribution in [2.75, 3.05) is 11.9 Å². The van der Waals surface area contributed by atoms with Crippen LogP contribution in [0.4, 0.5) is 5.69 Å². The van der Waals surface area contributed by atoms with E-state index in [9.17, 15) is 0 Å². The zero-order valence-electron chi connectivity index (χ0n) is 18.0. The summed E-state index contributed by atoms with van der Waals surface area (Å²) in [7, 11) is 0. The van der Waals surface area contributed by atoms with Gasteiger partial charge in [-0.15, -0.1) is 0 Å². The molecule has 0 amide bonds. The molecule has 1 unspecified atom stereocenters. The third kappa shape index (κ3) is 4.85. The molecule has 3 heteroatoms. The molecular formula is C27H29N3. The highest BCUT2D eigenvalue weighted by atomic mass is 15.0. The lowest BCUT2D eigenvalue weighted by Gasteiger charge is -2.23. The third-order valence-electron chi connectivity index (χ3n) is 5.40. The van der Waals surface area contributed by atoms with Crippen LogP contribution in [0.2, 0.25) is 0 Å². The number of amidine groups is 1. The molecule has 3 nitrogen and oxygen atoms in total. The third-order valence-corrected chi connectivity index (χ3v) is 5.40. The van der Waals surface area contributed by atoms with E-state index in [2.05, 4.69) is 91.7 Å². The normalized spacial score (nSPS) is 14.4. The highest BCUT2D eigenvalue weighted by molar-refractivity contribution is 6.17. The van der Waals surface area contributed by atoms with Crippen molar-refractivity contribution in [2.24, 2.45) is 15.9 Å². The molecule has 0 saturated heterocycles. The summed E-state index contributed by atoms with van der Waals surface area (Å²) < 4.78 is 0. The van der Waals surface area contributed by atoms with Crippen LogP contribution in [-0.2, 0) is 0 Å². The Morgan fingerprint density at radius 1 is 0.833 bits per heavy atom. The Bertz CT molecular complexity index is 1030. The van der Waals surface area contributed by atoms with E-state index in [0.717, 1.165) is 34.8 Å². The zero-order chi connectivity index (χ0) is 20.9. The topological polar surface area (TPSA) is 36.8 Å². The first-order valence-corrected chi connectivity index (χ1v) is 10.7. The minimum Gasteiger partial charge on any atom is -0.378 e. The average molecular weight is 396 g/mol. The molecule has 0 bridgehead atoms. The van der Waals surface area contributed by atoms with Crippen molar-refractivity contribution in [1.29, 1.82) is 0 Å². The number of aryl methyl sites for hydroxylation is 1. The van der Waals surface area contributed by atoms with Gasteiger partial charge in [-0.05, 0) is 42.5 Å². The maximum absolute atomic E-state index is 4.78. The van der Waals surface area contributed by atoms with Crippen molar-refractivity contribution in [2.45, 2.75) is 33.2 Å². The van der Waals surface area contributed by atoms with Crippen molar-refractivity contribution in [3.05, 3.63) is 101 Å². The van der Waals surface area contributed by atoms with Gasteiger partial charge in [0.15, 0.2) is 5.84 Å². The van der Waals surface area contributed by atoms with Crippen LogP contribution in [-0.4, -0.2) is 18.1 Å². The van der Waals surface area contributed by atoms with Gasteiger partial charge in [-0.3, -0.25) is 4.99 Å². The van der Waals surface area contributed by atoms with Crippen molar-refractivity contribution in [1.82, 2.24) is 0 Å². The van der Waals surface area contributed by atoms with Gasteiger partial charge in [0, 0.05) is 11.3 Å². The SMILES string of the molecule is Cc1ccc(NC(CC(C)C)c2ccc(C3=NC(c4ccccc4)=NC3)cc2)cc1. The van der Waals surface area contributed by atoms with E-state index >= 15 is 0 Å². The molecule has 1 aliphatic heterocycles. The molecule has 4 rings (SSSR count). The first-order valence-electron chi connectivity index (χ1n) is 10.7. The molecule has 0 saturated carbocycles. The number of hydrogen-bond acceptors (Lipinski definition) is 3. The number of benzene rings is 3. The summed E-state index contributed by atoms with van der Waals surface area (Å²) in [6.45, 7) is 7.30. The number of hydrogen-bond donors (Lipinski definition) is 1. The minimum atomic E-state index is 0.281. The highest BCUT2D eigenvalue weighted by Gasteiger charge is 2.16. The first-order chi connectivity index (χ1) is 14.6. The van der Waals surface area contributed by atoms with Gasteiger partial charge in [0.25, 0.3) is 0 Å². The molecule has 0 aliphatic carbocycles. The van der Waals surface area contributed by atoms with Gasteiger partial charge in [-0.2, -0.15) is 0 Å². The number of anilines is 1. The largest absolute Gasteiger partial charge is 0.378 e. The van der Waals surface area contributed by atoms with Crippen molar-refractivity contribution < 1.29 is 0 Å². The van der Waals surface area contributed by atoms with Gasteiger partial charge < -0.3 is 5.32 Å². The van der Waals surface area contributed by atoms with Gasteiger partial charge in [0.1, 0.15) is 0 Å². The van der Waals surface area contributed by atoms with Gasteiger partial charge in [-0.25, -0.2) is 4.99 Å². The molecule has 3 aromatic carbocycles. The monoisotopic (exact) mass is 395 g/mol. The fraction of sp³-hybridized carbons (Fsp3) is 0.259. The molecule has 1 atom stereocenters. The van der Waals surface area contributed by atoms with E-state index in [1.54, 1.807) is 0 Å². The molecule has 1 aliphatic rings. The van der Waals surface area contributed by atoms with Crippen LogP contribution in [0.1, 0.15) is 48.6 Å². The summed E-state index contributed by atoms with van der Waals surface area (Å²) in [5, 5.41) is 3.72. The summed E-state index contributed by atoms with van der Waals surface area (Å²) in [5.74, 6) is 1.43. The fourth-order valence-electron chi connectivity index (χ4n) is 3.76. The van der Waals surface area contributed by atoms with Crippen LogP contribution in [0.5, 0.6) is 0 Å². The van der Waals surface area contributed by atoms with Gasteiger partial charge in [0.2, 0.25) is 0 Å². The molecule has 0 radical (unpaired) electrons. The number of nitrogens with one attached hydrogen (secondary N) is 1. The average Bonchev–Trinajstić information content (AvgIpc) is 3.26. The molecule has 152 valence electrons. The molecule has 3 aromatic rings. The lowest BCUT2D eigenvalue weighted by atomic mass is 9.95. The van der Waals surface area contributed by atoms with E-state index < -0.39 is 0 Å². The summed E-state index contributed by atoms with van der Waals surface area (Å²) in [6.07, 6.45) is 1.08. The number of nitrogens with zero attached hydrogens (tertiary/aromatic N) is 2. The molecule has 30 heavy (non-hydrogen) atoms. The Morgan fingerprint density at radius 3 is 2.20 bits per heavy atom. The van der Waals surface area contributed by atoms with Crippen LogP contribution in [0.3, 0.4) is 0 Å². The summed E-state index contributed by atoms with van der Waals surface area (Å²) in [5.41, 5.74) is 7.00. The zero-order valence-corrected chi connectivity index (χ0v) is 18.0. The number of aliphatic imine (C=N–C) groups is 2. The second-order valence-electron chi connectivity index (χ2n) is 8.38. The van der Waals surface area contributed by atoms with Crippen molar-refractivity contribution in [3.8, 4) is 0 Å². The smallest absolute Gasteiger partial charge is 0.155 e. The lowest BCUT2D eigenvalue weighted by Crippen LogP contribution is -2.14. The number of rotatable bonds is 7. The fourth-order valence-corrected chi connectivity index (χ4v) is 3.76. The van der Waals surface area contributed by atoms with Crippen LogP contribution >= 0.6 is 0 Å². The van der Waals surface area contributed by atoms with E-state index in [-0.39, 0.29) is 6.04 Å². The molecule has 0 spiro atoms. The van der Waals surface area contributed by atoms with Crippen molar-refractivity contribution >= 4 is 17.2 Å². The summed E-state index contributed by atoms with van der Waals surface area (Å²) in [6, 6.07) is 27.9. The Morgan fingerprint density at radius 2 is 1.53 bits per heavy atom. The van der Waals surface area contributed by atoms with Crippen LogP contribution in [0.15, 0.2) is 88.8 Å². The van der Waals surface area contributed by atoms with Gasteiger partial charge >= 0.3 is 0 Å². The Balaban J connectivity index is 1.51.